The standard InChI is InChI=1S/C15H22N2O3/c16-9-12-5-1-2-7-14(12)20-11-15(18)17-10-13-6-3-4-8-19-13/h1-2,5,7,13H,3-4,6,8-11,16H2,(H,17,18). The number of carbonyl (C=O) groups is 1. The largest absolute Gasteiger partial charge is 0.483 e. The van der Waals surface area contributed by atoms with Crippen molar-refractivity contribution < 1.29 is 14.3 Å². The van der Waals surface area contributed by atoms with Gasteiger partial charge < -0.3 is 20.5 Å². The van der Waals surface area contributed by atoms with Gasteiger partial charge in [0.15, 0.2) is 6.61 Å². The second kappa shape index (κ2) is 7.87. The smallest absolute Gasteiger partial charge is 0.258 e. The number of hydrogen-bond acceptors (Lipinski definition) is 4. The Morgan fingerprint density at radius 3 is 3.00 bits per heavy atom. The molecule has 1 aliphatic heterocycles. The number of hydrogen-bond donors (Lipinski definition) is 2. The molecule has 1 heterocycles. The molecular formula is C15H22N2O3. The van der Waals surface area contributed by atoms with Crippen LogP contribution in [0, 0.1) is 0 Å². The van der Waals surface area contributed by atoms with Crippen molar-refractivity contribution in [2.75, 3.05) is 19.8 Å². The lowest BCUT2D eigenvalue weighted by molar-refractivity contribution is -0.124. The van der Waals surface area contributed by atoms with Gasteiger partial charge in [-0.2, -0.15) is 0 Å². The van der Waals surface area contributed by atoms with Gasteiger partial charge >= 0.3 is 0 Å². The second-order valence-corrected chi connectivity index (χ2v) is 4.89. The highest BCUT2D eigenvalue weighted by Gasteiger charge is 2.14. The van der Waals surface area contributed by atoms with Gasteiger partial charge in [-0.25, -0.2) is 0 Å². The lowest BCUT2D eigenvalue weighted by Crippen LogP contribution is -2.37. The number of para-hydroxylation sites is 1. The molecule has 0 spiro atoms. The monoisotopic (exact) mass is 278 g/mol. The van der Waals surface area contributed by atoms with Gasteiger partial charge in [-0.15, -0.1) is 0 Å². The predicted molar refractivity (Wildman–Crippen MR) is 76.4 cm³/mol. The highest BCUT2D eigenvalue weighted by Crippen LogP contribution is 2.16. The number of ether oxygens (including phenoxy) is 2. The molecule has 0 bridgehead atoms. The second-order valence-electron chi connectivity index (χ2n) is 4.89. The third kappa shape index (κ3) is 4.51. The number of carbonyl (C=O) groups excluding carboxylic acids is 1. The van der Waals surface area contributed by atoms with Gasteiger partial charge in [-0.1, -0.05) is 18.2 Å². The van der Waals surface area contributed by atoms with Gasteiger partial charge in [0.2, 0.25) is 0 Å². The maximum Gasteiger partial charge on any atom is 0.258 e. The van der Waals surface area contributed by atoms with Gasteiger partial charge in [0.05, 0.1) is 6.10 Å². The lowest BCUT2D eigenvalue weighted by Gasteiger charge is -2.22. The van der Waals surface area contributed by atoms with Crippen molar-refractivity contribution in [3.63, 3.8) is 0 Å². The fraction of sp³-hybridized carbons (Fsp3) is 0.533. The SMILES string of the molecule is NCc1ccccc1OCC(=O)NCC1CCCCO1. The van der Waals surface area contributed by atoms with Gasteiger partial charge in [-0.05, 0) is 25.3 Å². The van der Waals surface area contributed by atoms with Gasteiger partial charge in [0, 0.05) is 25.3 Å². The Morgan fingerprint density at radius 2 is 2.25 bits per heavy atom. The fourth-order valence-corrected chi connectivity index (χ4v) is 2.20. The Hall–Kier alpha value is -1.59. The molecule has 5 heteroatoms. The van der Waals surface area contributed by atoms with Gasteiger partial charge in [0.1, 0.15) is 5.75 Å². The minimum absolute atomic E-state index is 0.00370. The molecule has 0 aromatic heterocycles. The highest BCUT2D eigenvalue weighted by atomic mass is 16.5. The van der Waals surface area contributed by atoms with E-state index in [4.69, 9.17) is 15.2 Å². The van der Waals surface area contributed by atoms with Crippen LogP contribution in [0.3, 0.4) is 0 Å². The van der Waals surface area contributed by atoms with E-state index in [1.807, 2.05) is 24.3 Å². The molecular weight excluding hydrogens is 256 g/mol. The Bertz CT molecular complexity index is 431. The Labute approximate surface area is 119 Å². The molecule has 1 unspecified atom stereocenters. The molecule has 2 rings (SSSR count). The molecule has 110 valence electrons. The molecule has 1 aliphatic rings. The first kappa shape index (κ1) is 14.8. The van der Waals surface area contributed by atoms with Crippen molar-refractivity contribution in [1.29, 1.82) is 0 Å². The summed E-state index contributed by atoms with van der Waals surface area (Å²) in [5.41, 5.74) is 6.52. The summed E-state index contributed by atoms with van der Waals surface area (Å²) < 4.78 is 11.1. The predicted octanol–water partition coefficient (Wildman–Crippen LogP) is 1.21. The molecule has 1 saturated heterocycles. The molecule has 0 radical (unpaired) electrons. The van der Waals surface area contributed by atoms with Crippen LogP contribution in [-0.4, -0.2) is 31.8 Å². The van der Waals surface area contributed by atoms with Gasteiger partial charge in [-0.3, -0.25) is 4.79 Å². The average Bonchev–Trinajstić information content (AvgIpc) is 2.52. The van der Waals surface area contributed by atoms with Crippen molar-refractivity contribution in [2.24, 2.45) is 5.73 Å². The average molecular weight is 278 g/mol. The zero-order valence-corrected chi connectivity index (χ0v) is 11.6. The van der Waals surface area contributed by atoms with E-state index in [9.17, 15) is 4.79 Å². The van der Waals surface area contributed by atoms with Gasteiger partial charge in [0.25, 0.3) is 5.91 Å². The number of amides is 1. The van der Waals surface area contributed by atoms with E-state index in [1.165, 1.54) is 6.42 Å². The summed E-state index contributed by atoms with van der Waals surface area (Å²) in [5, 5.41) is 2.84. The topological polar surface area (TPSA) is 73.6 Å². The van der Waals surface area contributed by atoms with Crippen LogP contribution < -0.4 is 15.8 Å². The summed E-state index contributed by atoms with van der Waals surface area (Å²) in [5.74, 6) is 0.532. The molecule has 1 atom stereocenters. The van der Waals surface area contributed by atoms with Crippen LogP contribution in [0.4, 0.5) is 0 Å². The molecule has 1 amide bonds. The van der Waals surface area contributed by atoms with Crippen molar-refractivity contribution in [3.05, 3.63) is 29.8 Å². The van der Waals surface area contributed by atoms with Crippen LogP contribution in [0.2, 0.25) is 0 Å². The Morgan fingerprint density at radius 1 is 1.40 bits per heavy atom. The lowest BCUT2D eigenvalue weighted by atomic mass is 10.1. The molecule has 0 aliphatic carbocycles. The van der Waals surface area contributed by atoms with E-state index < -0.39 is 0 Å². The van der Waals surface area contributed by atoms with E-state index in [0.717, 1.165) is 25.0 Å². The Kier molecular flexibility index (Phi) is 5.83. The first-order valence-corrected chi connectivity index (χ1v) is 7.08. The van der Waals surface area contributed by atoms with E-state index in [0.29, 0.717) is 18.8 Å². The van der Waals surface area contributed by atoms with E-state index in [-0.39, 0.29) is 18.6 Å². The summed E-state index contributed by atoms with van der Waals surface area (Å²) in [4.78, 5) is 11.7. The zero-order chi connectivity index (χ0) is 14.2. The third-order valence-corrected chi connectivity index (χ3v) is 3.35. The quantitative estimate of drug-likeness (QED) is 0.820. The van der Waals surface area contributed by atoms with Crippen LogP contribution >= 0.6 is 0 Å². The normalized spacial score (nSPS) is 18.6. The van der Waals surface area contributed by atoms with E-state index in [2.05, 4.69) is 5.32 Å². The van der Waals surface area contributed by atoms with Crippen LogP contribution in [0.5, 0.6) is 5.75 Å². The van der Waals surface area contributed by atoms with Crippen molar-refractivity contribution >= 4 is 5.91 Å². The maximum atomic E-state index is 11.7. The fourth-order valence-electron chi connectivity index (χ4n) is 2.20. The molecule has 0 saturated carbocycles. The maximum absolute atomic E-state index is 11.7. The number of rotatable bonds is 6. The number of nitrogens with two attached hydrogens (primary N) is 1. The van der Waals surface area contributed by atoms with Crippen LogP contribution in [-0.2, 0) is 16.1 Å². The van der Waals surface area contributed by atoms with Crippen molar-refractivity contribution in [1.82, 2.24) is 5.32 Å². The molecule has 5 nitrogen and oxygen atoms in total. The first-order valence-electron chi connectivity index (χ1n) is 7.08. The minimum atomic E-state index is -0.133. The zero-order valence-electron chi connectivity index (χ0n) is 11.6. The van der Waals surface area contributed by atoms with Crippen LogP contribution in [0.25, 0.3) is 0 Å². The number of benzene rings is 1. The first-order chi connectivity index (χ1) is 9.79. The minimum Gasteiger partial charge on any atom is -0.483 e. The van der Waals surface area contributed by atoms with Crippen molar-refractivity contribution in [2.45, 2.75) is 31.9 Å². The van der Waals surface area contributed by atoms with E-state index >= 15 is 0 Å². The summed E-state index contributed by atoms with van der Waals surface area (Å²) in [6.07, 6.45) is 3.44. The molecule has 3 N–H and O–H groups in total. The molecule has 20 heavy (non-hydrogen) atoms. The highest BCUT2D eigenvalue weighted by molar-refractivity contribution is 5.77. The molecule has 1 aromatic rings. The molecule has 1 fully saturated rings. The Balaban J connectivity index is 1.71. The van der Waals surface area contributed by atoms with Crippen LogP contribution in [0.1, 0.15) is 24.8 Å². The summed E-state index contributed by atoms with van der Waals surface area (Å²) in [6.45, 7) is 1.75. The number of nitrogens with one attached hydrogen (secondary N) is 1. The summed E-state index contributed by atoms with van der Waals surface area (Å²) in [6, 6.07) is 7.47. The van der Waals surface area contributed by atoms with E-state index in [1.54, 1.807) is 0 Å². The summed E-state index contributed by atoms with van der Waals surface area (Å²) in [7, 11) is 0. The third-order valence-electron chi connectivity index (χ3n) is 3.35. The molecule has 1 aromatic carbocycles. The van der Waals surface area contributed by atoms with Crippen LogP contribution in [0.15, 0.2) is 24.3 Å². The summed E-state index contributed by atoms with van der Waals surface area (Å²) >= 11 is 0. The van der Waals surface area contributed by atoms with Crippen molar-refractivity contribution in [3.8, 4) is 5.75 Å².